The second-order valence-electron chi connectivity index (χ2n) is 14.0. The molecular weight excluding hydrogens is 691 g/mol. The summed E-state index contributed by atoms with van der Waals surface area (Å²) in [6, 6.07) is 0. The molecule has 3 unspecified atom stereocenters. The molecule has 53 heavy (non-hydrogen) atoms. The van der Waals surface area contributed by atoms with E-state index in [2.05, 4.69) is 62.5 Å². The zero-order valence-corrected chi connectivity index (χ0v) is 34.6. The molecule has 3 atom stereocenters. The highest BCUT2D eigenvalue weighted by Crippen LogP contribution is 2.43. The minimum absolute atomic E-state index is 0.0335. The van der Waals surface area contributed by atoms with Gasteiger partial charge in [-0.2, -0.15) is 0 Å². The second-order valence-corrected chi connectivity index (χ2v) is 15.4. The molecule has 0 spiro atoms. The lowest BCUT2D eigenvalue weighted by molar-refractivity contribution is -0.154. The van der Waals surface area contributed by atoms with Gasteiger partial charge in [-0.05, 0) is 51.4 Å². The van der Waals surface area contributed by atoms with Gasteiger partial charge in [0.25, 0.3) is 0 Å². The van der Waals surface area contributed by atoms with Gasteiger partial charge in [0.2, 0.25) is 0 Å². The zero-order chi connectivity index (χ0) is 38.9. The summed E-state index contributed by atoms with van der Waals surface area (Å²) < 4.78 is 33.3. The summed E-state index contributed by atoms with van der Waals surface area (Å²) in [5.74, 6) is -0.422. The van der Waals surface area contributed by atoms with Crippen LogP contribution in [0.3, 0.4) is 0 Å². The minimum atomic E-state index is -4.53. The normalized spacial score (nSPS) is 14.6. The fraction of sp³-hybridized carbons (Fsp3) is 0.791. The lowest BCUT2D eigenvalue weighted by Gasteiger charge is -2.20. The van der Waals surface area contributed by atoms with Crippen molar-refractivity contribution >= 4 is 13.8 Å². The van der Waals surface area contributed by atoms with E-state index >= 15 is 0 Å². The first kappa shape index (κ1) is 51.4. The fourth-order valence-corrected chi connectivity index (χ4v) is 6.37. The van der Waals surface area contributed by atoms with Crippen molar-refractivity contribution in [3.63, 3.8) is 0 Å². The van der Waals surface area contributed by atoms with Crippen LogP contribution in [0.25, 0.3) is 0 Å². The predicted molar refractivity (Wildman–Crippen MR) is 219 cm³/mol. The molecule has 0 amide bonds. The summed E-state index contributed by atoms with van der Waals surface area (Å²) in [5.41, 5.74) is 0. The zero-order valence-electron chi connectivity index (χ0n) is 33.7. The lowest BCUT2D eigenvalue weighted by atomic mass is 10.0. The number of unbranched alkanes of at least 4 members (excludes halogenated alkanes) is 18. The maximum atomic E-state index is 12.6. The second kappa shape index (κ2) is 40.1. The third kappa shape index (κ3) is 39.9. The molecule has 0 aromatic carbocycles. The number of hydrogen-bond donors (Lipinski definition) is 3. The van der Waals surface area contributed by atoms with Gasteiger partial charge in [-0.25, -0.2) is 4.57 Å². The van der Waals surface area contributed by atoms with E-state index in [0.717, 1.165) is 57.8 Å². The number of aliphatic hydroxyl groups is 2. The summed E-state index contributed by atoms with van der Waals surface area (Å²) in [6.45, 7) is 3.36. The van der Waals surface area contributed by atoms with E-state index in [-0.39, 0.29) is 13.0 Å². The molecule has 310 valence electrons. The molecule has 0 aromatic rings. The first-order valence-electron chi connectivity index (χ1n) is 21.1. The maximum absolute atomic E-state index is 12.6. The average molecular weight is 771 g/mol. The van der Waals surface area contributed by atoms with Gasteiger partial charge in [0.1, 0.15) is 12.2 Å². The van der Waals surface area contributed by atoms with Gasteiger partial charge in [0, 0.05) is 13.0 Å². The average Bonchev–Trinajstić information content (AvgIpc) is 3.15. The van der Waals surface area contributed by atoms with Crippen molar-refractivity contribution in [2.75, 3.05) is 33.0 Å². The van der Waals surface area contributed by atoms with Crippen molar-refractivity contribution in [1.82, 2.24) is 0 Å². The first-order valence-corrected chi connectivity index (χ1v) is 22.6. The molecule has 0 rings (SSSR count). The van der Waals surface area contributed by atoms with Gasteiger partial charge in [-0.15, -0.1) is 0 Å². The van der Waals surface area contributed by atoms with Crippen molar-refractivity contribution in [2.24, 2.45) is 0 Å². The third-order valence-corrected chi connectivity index (χ3v) is 9.73. The Kier molecular flexibility index (Phi) is 38.9. The monoisotopic (exact) mass is 771 g/mol. The standard InChI is InChI=1S/C43H79O9P/c1-3-5-7-9-11-13-15-17-19-20-22-24-26-28-30-32-34-36-49-39-42(40-51-53(47,48)50-38-41(45)37-44)52-43(46)35-33-31-29-27-25-23-21-18-16-14-12-10-8-6-4-2/h6,8,12,14,18,21,25,27,41-42,44-45H,3-5,7,9-11,13,15-17,19-20,22-24,26,28-40H2,1-2H3,(H,47,48)/b8-6-,14-12-,21-18-,27-25-. The summed E-state index contributed by atoms with van der Waals surface area (Å²) >= 11 is 0. The molecule has 10 heteroatoms. The van der Waals surface area contributed by atoms with Crippen molar-refractivity contribution in [3.8, 4) is 0 Å². The summed E-state index contributed by atoms with van der Waals surface area (Å²) in [4.78, 5) is 22.5. The van der Waals surface area contributed by atoms with Crippen molar-refractivity contribution < 1.29 is 43.0 Å². The largest absolute Gasteiger partial charge is 0.472 e. The van der Waals surface area contributed by atoms with Gasteiger partial charge in [0.15, 0.2) is 0 Å². The molecule has 9 nitrogen and oxygen atoms in total. The van der Waals surface area contributed by atoms with Crippen molar-refractivity contribution in [3.05, 3.63) is 48.6 Å². The molecule has 0 heterocycles. The summed E-state index contributed by atoms with van der Waals surface area (Å²) in [7, 11) is -4.53. The topological polar surface area (TPSA) is 132 Å². The summed E-state index contributed by atoms with van der Waals surface area (Å²) in [5, 5.41) is 18.3. The van der Waals surface area contributed by atoms with E-state index in [1.54, 1.807) is 0 Å². The number of allylic oxidation sites excluding steroid dienone is 8. The molecule has 0 fully saturated rings. The van der Waals surface area contributed by atoms with E-state index in [4.69, 9.17) is 23.6 Å². The lowest BCUT2D eigenvalue weighted by Crippen LogP contribution is -2.29. The van der Waals surface area contributed by atoms with Crippen LogP contribution in [0.5, 0.6) is 0 Å². The van der Waals surface area contributed by atoms with Crippen LogP contribution in [0.1, 0.15) is 174 Å². The Hall–Kier alpha value is -1.58. The molecule has 0 saturated heterocycles. The number of rotatable bonds is 40. The highest BCUT2D eigenvalue weighted by molar-refractivity contribution is 7.47. The Labute approximate surface area is 324 Å². The third-order valence-electron chi connectivity index (χ3n) is 8.78. The predicted octanol–water partition coefficient (Wildman–Crippen LogP) is 11.4. The fourth-order valence-electron chi connectivity index (χ4n) is 5.58. The number of carbonyl (C=O) groups is 1. The number of ether oxygens (including phenoxy) is 2. The number of phosphoric ester groups is 1. The number of phosphoric acid groups is 1. The number of aliphatic hydroxyl groups excluding tert-OH is 2. The van der Waals surface area contributed by atoms with Gasteiger partial charge in [-0.3, -0.25) is 13.8 Å². The smallest absolute Gasteiger partial charge is 0.457 e. The van der Waals surface area contributed by atoms with Gasteiger partial charge in [0.05, 0.1) is 26.4 Å². The van der Waals surface area contributed by atoms with Crippen LogP contribution in [-0.4, -0.2) is 66.3 Å². The van der Waals surface area contributed by atoms with Gasteiger partial charge >= 0.3 is 13.8 Å². The van der Waals surface area contributed by atoms with Crippen LogP contribution < -0.4 is 0 Å². The highest BCUT2D eigenvalue weighted by atomic mass is 31.2. The molecule has 0 saturated carbocycles. The Morgan fingerprint density at radius 1 is 0.604 bits per heavy atom. The van der Waals surface area contributed by atoms with Crippen molar-refractivity contribution in [2.45, 2.75) is 187 Å². The molecule has 0 bridgehead atoms. The Balaban J connectivity index is 4.23. The number of carbonyl (C=O) groups excluding carboxylic acids is 1. The molecule has 0 aliphatic rings. The van der Waals surface area contributed by atoms with Crippen LogP contribution in [0.4, 0.5) is 0 Å². The Morgan fingerprint density at radius 3 is 1.58 bits per heavy atom. The van der Waals surface area contributed by atoms with Crippen LogP contribution in [0, 0.1) is 0 Å². The van der Waals surface area contributed by atoms with Gasteiger partial charge < -0.3 is 24.6 Å². The molecule has 0 aromatic heterocycles. The van der Waals surface area contributed by atoms with Crippen LogP contribution in [0.2, 0.25) is 0 Å². The highest BCUT2D eigenvalue weighted by Gasteiger charge is 2.26. The first-order chi connectivity index (χ1) is 25.8. The molecule has 3 N–H and O–H groups in total. The van der Waals surface area contributed by atoms with Crippen LogP contribution in [0.15, 0.2) is 48.6 Å². The molecular formula is C43H79O9P. The van der Waals surface area contributed by atoms with Gasteiger partial charge in [-0.1, -0.05) is 165 Å². The number of esters is 1. The minimum Gasteiger partial charge on any atom is -0.457 e. The molecule has 0 aliphatic carbocycles. The van der Waals surface area contributed by atoms with E-state index < -0.39 is 45.8 Å². The maximum Gasteiger partial charge on any atom is 0.472 e. The molecule has 0 radical (unpaired) electrons. The number of hydrogen-bond acceptors (Lipinski definition) is 8. The Morgan fingerprint density at radius 2 is 1.08 bits per heavy atom. The van der Waals surface area contributed by atoms with E-state index in [0.29, 0.717) is 13.0 Å². The SMILES string of the molecule is CC/C=C\C/C=C\C/C=C\C/C=C\CCCCC(=O)OC(COCCCCCCCCCCCCCCCCCCC)COP(=O)(O)OCC(O)CO. The van der Waals surface area contributed by atoms with Crippen LogP contribution >= 0.6 is 7.82 Å². The summed E-state index contributed by atoms with van der Waals surface area (Å²) in [6.07, 6.45) is 43.6. The van der Waals surface area contributed by atoms with E-state index in [1.807, 2.05) is 0 Å². The quantitative estimate of drug-likeness (QED) is 0.0241. The molecule has 0 aliphatic heterocycles. The van der Waals surface area contributed by atoms with Crippen LogP contribution in [-0.2, 0) is 27.9 Å². The Bertz CT molecular complexity index is 965. The van der Waals surface area contributed by atoms with E-state index in [1.165, 1.54) is 89.9 Å². The van der Waals surface area contributed by atoms with E-state index in [9.17, 15) is 19.4 Å². The van der Waals surface area contributed by atoms with Crippen molar-refractivity contribution in [1.29, 1.82) is 0 Å².